The first-order chi connectivity index (χ1) is 6.27. The first-order valence-electron chi connectivity index (χ1n) is 4.47. The van der Waals surface area contributed by atoms with Gasteiger partial charge in [0.1, 0.15) is 0 Å². The van der Waals surface area contributed by atoms with E-state index >= 15 is 0 Å². The van der Waals surface area contributed by atoms with E-state index in [0.29, 0.717) is 0 Å². The third-order valence-electron chi connectivity index (χ3n) is 2.44. The van der Waals surface area contributed by atoms with Gasteiger partial charge in [0, 0.05) is 18.3 Å². The van der Waals surface area contributed by atoms with Crippen LogP contribution in [0.4, 0.5) is 0 Å². The SMILES string of the molecule is CC1CC(c2cccnc2)NC1=O. The van der Waals surface area contributed by atoms with Gasteiger partial charge >= 0.3 is 0 Å². The molecule has 2 heterocycles. The van der Waals surface area contributed by atoms with Crippen molar-refractivity contribution in [1.82, 2.24) is 10.3 Å². The van der Waals surface area contributed by atoms with Crippen LogP contribution in [0.15, 0.2) is 24.5 Å². The smallest absolute Gasteiger partial charge is 0.223 e. The first-order valence-corrected chi connectivity index (χ1v) is 4.47. The molecule has 1 fully saturated rings. The average molecular weight is 176 g/mol. The van der Waals surface area contributed by atoms with E-state index in [1.54, 1.807) is 6.20 Å². The van der Waals surface area contributed by atoms with E-state index in [9.17, 15) is 4.79 Å². The second kappa shape index (κ2) is 3.17. The highest BCUT2D eigenvalue weighted by molar-refractivity contribution is 5.81. The van der Waals surface area contributed by atoms with E-state index in [1.165, 1.54) is 0 Å². The summed E-state index contributed by atoms with van der Waals surface area (Å²) < 4.78 is 0. The largest absolute Gasteiger partial charge is 0.349 e. The van der Waals surface area contributed by atoms with Crippen LogP contribution in [0.5, 0.6) is 0 Å². The van der Waals surface area contributed by atoms with Gasteiger partial charge in [0.15, 0.2) is 0 Å². The number of amides is 1. The summed E-state index contributed by atoms with van der Waals surface area (Å²) in [5, 5.41) is 2.94. The lowest BCUT2D eigenvalue weighted by molar-refractivity contribution is -0.122. The molecular weight excluding hydrogens is 164 g/mol. The molecule has 1 aliphatic rings. The van der Waals surface area contributed by atoms with Crippen LogP contribution < -0.4 is 5.32 Å². The Hall–Kier alpha value is -1.38. The number of pyridine rings is 1. The predicted molar refractivity (Wildman–Crippen MR) is 48.9 cm³/mol. The van der Waals surface area contributed by atoms with Crippen molar-refractivity contribution in [3.8, 4) is 0 Å². The van der Waals surface area contributed by atoms with Crippen molar-refractivity contribution < 1.29 is 4.79 Å². The van der Waals surface area contributed by atoms with Crippen molar-refractivity contribution in [2.24, 2.45) is 5.92 Å². The third kappa shape index (κ3) is 1.54. The van der Waals surface area contributed by atoms with Gasteiger partial charge in [-0.15, -0.1) is 0 Å². The molecule has 2 atom stereocenters. The van der Waals surface area contributed by atoms with Crippen LogP contribution >= 0.6 is 0 Å². The Balaban J connectivity index is 2.17. The third-order valence-corrected chi connectivity index (χ3v) is 2.44. The Bertz CT molecular complexity index is 310. The van der Waals surface area contributed by atoms with Gasteiger partial charge in [-0.3, -0.25) is 9.78 Å². The molecular formula is C10H12N2O. The Morgan fingerprint density at radius 1 is 1.62 bits per heavy atom. The molecule has 68 valence electrons. The molecule has 3 heteroatoms. The zero-order chi connectivity index (χ0) is 9.26. The fourth-order valence-electron chi connectivity index (χ4n) is 1.64. The maximum Gasteiger partial charge on any atom is 0.223 e. The summed E-state index contributed by atoms with van der Waals surface area (Å²) in [4.78, 5) is 15.3. The molecule has 0 bridgehead atoms. The van der Waals surface area contributed by atoms with Crippen molar-refractivity contribution in [1.29, 1.82) is 0 Å². The second-order valence-corrected chi connectivity index (χ2v) is 3.48. The topological polar surface area (TPSA) is 42.0 Å². The fraction of sp³-hybridized carbons (Fsp3) is 0.400. The molecule has 0 aromatic carbocycles. The highest BCUT2D eigenvalue weighted by atomic mass is 16.2. The highest BCUT2D eigenvalue weighted by Gasteiger charge is 2.29. The van der Waals surface area contributed by atoms with Crippen LogP contribution in [0.3, 0.4) is 0 Å². The summed E-state index contributed by atoms with van der Waals surface area (Å²) in [5.41, 5.74) is 1.10. The zero-order valence-electron chi connectivity index (χ0n) is 7.53. The first kappa shape index (κ1) is 8.23. The van der Waals surface area contributed by atoms with Crippen molar-refractivity contribution in [2.75, 3.05) is 0 Å². The van der Waals surface area contributed by atoms with E-state index in [0.717, 1.165) is 12.0 Å². The van der Waals surface area contributed by atoms with Crippen LogP contribution in [0, 0.1) is 5.92 Å². The summed E-state index contributed by atoms with van der Waals surface area (Å²) >= 11 is 0. The minimum absolute atomic E-state index is 0.130. The van der Waals surface area contributed by atoms with Crippen LogP contribution in [0.25, 0.3) is 0 Å². The lowest BCUT2D eigenvalue weighted by atomic mass is 10.0. The second-order valence-electron chi connectivity index (χ2n) is 3.48. The average Bonchev–Trinajstić information content (AvgIpc) is 2.49. The molecule has 3 nitrogen and oxygen atoms in total. The normalized spacial score (nSPS) is 27.3. The number of nitrogens with one attached hydrogen (secondary N) is 1. The summed E-state index contributed by atoms with van der Waals surface area (Å²) in [6, 6.07) is 4.05. The Kier molecular flexibility index (Phi) is 2.00. The monoisotopic (exact) mass is 176 g/mol. The fourth-order valence-corrected chi connectivity index (χ4v) is 1.64. The standard InChI is InChI=1S/C10H12N2O/c1-7-5-9(12-10(7)13)8-3-2-4-11-6-8/h2-4,6-7,9H,5H2,1H3,(H,12,13). The Labute approximate surface area is 77.2 Å². The number of hydrogen-bond acceptors (Lipinski definition) is 2. The Morgan fingerprint density at radius 2 is 2.46 bits per heavy atom. The van der Waals surface area contributed by atoms with Gasteiger partial charge in [-0.1, -0.05) is 13.0 Å². The summed E-state index contributed by atoms with van der Waals surface area (Å²) in [7, 11) is 0. The zero-order valence-corrected chi connectivity index (χ0v) is 7.53. The summed E-state index contributed by atoms with van der Waals surface area (Å²) in [5.74, 6) is 0.277. The number of hydrogen-bond donors (Lipinski definition) is 1. The molecule has 1 aliphatic heterocycles. The molecule has 1 aromatic rings. The maximum absolute atomic E-state index is 11.2. The van der Waals surface area contributed by atoms with E-state index in [4.69, 9.17) is 0 Å². The number of carbonyl (C=O) groups excluding carboxylic acids is 1. The van der Waals surface area contributed by atoms with Crippen molar-refractivity contribution in [3.63, 3.8) is 0 Å². The van der Waals surface area contributed by atoms with Gasteiger partial charge in [0.05, 0.1) is 6.04 Å². The van der Waals surface area contributed by atoms with Gasteiger partial charge in [0.25, 0.3) is 0 Å². The lowest BCUT2D eigenvalue weighted by Gasteiger charge is -2.08. The number of aromatic nitrogens is 1. The van der Waals surface area contributed by atoms with Crippen molar-refractivity contribution >= 4 is 5.91 Å². The maximum atomic E-state index is 11.2. The van der Waals surface area contributed by atoms with Crippen LogP contribution in [-0.4, -0.2) is 10.9 Å². The van der Waals surface area contributed by atoms with Crippen molar-refractivity contribution in [3.05, 3.63) is 30.1 Å². The molecule has 1 amide bonds. The summed E-state index contributed by atoms with van der Waals surface area (Å²) in [6.07, 6.45) is 4.43. The molecule has 1 aromatic heterocycles. The van der Waals surface area contributed by atoms with Gasteiger partial charge < -0.3 is 5.32 Å². The molecule has 2 unspecified atom stereocenters. The van der Waals surface area contributed by atoms with Gasteiger partial charge in [-0.2, -0.15) is 0 Å². The quantitative estimate of drug-likeness (QED) is 0.700. The highest BCUT2D eigenvalue weighted by Crippen LogP contribution is 2.26. The van der Waals surface area contributed by atoms with E-state index in [-0.39, 0.29) is 17.9 Å². The van der Waals surface area contributed by atoms with Gasteiger partial charge in [0.2, 0.25) is 5.91 Å². The molecule has 1 saturated heterocycles. The minimum Gasteiger partial charge on any atom is -0.349 e. The van der Waals surface area contributed by atoms with Crippen molar-refractivity contribution in [2.45, 2.75) is 19.4 Å². The number of carbonyl (C=O) groups is 1. The number of nitrogens with zero attached hydrogens (tertiary/aromatic N) is 1. The van der Waals surface area contributed by atoms with Crippen LogP contribution in [-0.2, 0) is 4.79 Å². The van der Waals surface area contributed by atoms with E-state index in [2.05, 4.69) is 10.3 Å². The molecule has 0 saturated carbocycles. The molecule has 0 spiro atoms. The molecule has 13 heavy (non-hydrogen) atoms. The molecule has 0 radical (unpaired) electrons. The van der Waals surface area contributed by atoms with Crippen LogP contribution in [0.2, 0.25) is 0 Å². The summed E-state index contributed by atoms with van der Waals surface area (Å²) in [6.45, 7) is 1.95. The van der Waals surface area contributed by atoms with Gasteiger partial charge in [-0.05, 0) is 18.1 Å². The Morgan fingerprint density at radius 3 is 3.00 bits per heavy atom. The molecule has 2 rings (SSSR count). The number of rotatable bonds is 1. The molecule has 0 aliphatic carbocycles. The molecule has 1 N–H and O–H groups in total. The predicted octanol–water partition coefficient (Wildman–Crippen LogP) is 1.28. The minimum atomic E-state index is 0.130. The van der Waals surface area contributed by atoms with E-state index in [1.807, 2.05) is 25.3 Å². The van der Waals surface area contributed by atoms with Gasteiger partial charge in [-0.25, -0.2) is 0 Å². The van der Waals surface area contributed by atoms with Crippen LogP contribution in [0.1, 0.15) is 24.9 Å². The van der Waals surface area contributed by atoms with E-state index < -0.39 is 0 Å². The lowest BCUT2D eigenvalue weighted by Crippen LogP contribution is -2.20.